The molecule has 2 aromatic heterocycles. The van der Waals surface area contributed by atoms with Gasteiger partial charge in [0.15, 0.2) is 5.69 Å². The Kier molecular flexibility index (Phi) is 3.11. The largest absolute Gasteiger partial charge is 0.291 e. The Morgan fingerprint density at radius 1 is 1.69 bits per heavy atom. The van der Waals surface area contributed by atoms with Crippen LogP contribution in [0.3, 0.4) is 0 Å². The average molecular weight is 234 g/mol. The molecule has 2 N–H and O–H groups in total. The third-order valence-corrected chi connectivity index (χ3v) is 2.65. The molecular weight excluding hydrogens is 224 g/mol. The van der Waals surface area contributed by atoms with Gasteiger partial charge in [0.05, 0.1) is 6.21 Å². The molecule has 2 heterocycles. The summed E-state index contributed by atoms with van der Waals surface area (Å²) in [5.41, 5.74) is 3.58. The zero-order valence-electron chi connectivity index (χ0n) is 8.60. The van der Waals surface area contributed by atoms with Crippen molar-refractivity contribution < 1.29 is 4.79 Å². The van der Waals surface area contributed by atoms with Crippen molar-refractivity contribution in [1.29, 1.82) is 0 Å². The quantitative estimate of drug-likeness (QED) is 0.624. The summed E-state index contributed by atoms with van der Waals surface area (Å²) < 4.78 is 0. The highest BCUT2D eigenvalue weighted by Crippen LogP contribution is 2.04. The second-order valence-electron chi connectivity index (χ2n) is 3.15. The molecule has 0 unspecified atom stereocenters. The number of amides is 1. The highest BCUT2D eigenvalue weighted by Gasteiger charge is 2.06. The van der Waals surface area contributed by atoms with Crippen molar-refractivity contribution in [2.45, 2.75) is 6.92 Å². The lowest BCUT2D eigenvalue weighted by molar-refractivity contribution is 0.0950. The first-order valence-electron chi connectivity index (χ1n) is 4.64. The smallest absolute Gasteiger partial charge is 0.282 e. The van der Waals surface area contributed by atoms with Crippen LogP contribution >= 0.6 is 11.3 Å². The maximum Gasteiger partial charge on any atom is 0.291 e. The highest BCUT2D eigenvalue weighted by atomic mass is 32.1. The van der Waals surface area contributed by atoms with E-state index in [0.717, 1.165) is 10.6 Å². The number of aromatic nitrogens is 2. The Bertz CT molecular complexity index is 501. The van der Waals surface area contributed by atoms with Gasteiger partial charge in [-0.1, -0.05) is 6.07 Å². The molecule has 16 heavy (non-hydrogen) atoms. The van der Waals surface area contributed by atoms with Gasteiger partial charge in [-0.25, -0.2) is 5.43 Å². The number of hydrazone groups is 1. The molecule has 0 atom stereocenters. The summed E-state index contributed by atoms with van der Waals surface area (Å²) in [5, 5.41) is 12.3. The molecule has 0 bridgehead atoms. The minimum atomic E-state index is -0.322. The first-order chi connectivity index (χ1) is 7.75. The predicted octanol–water partition coefficient (Wildman–Crippen LogP) is 1.54. The van der Waals surface area contributed by atoms with Crippen LogP contribution in [0.4, 0.5) is 0 Å². The Morgan fingerprint density at radius 3 is 3.19 bits per heavy atom. The minimum absolute atomic E-state index is 0.322. The van der Waals surface area contributed by atoms with Gasteiger partial charge in [-0.05, 0) is 24.4 Å². The first kappa shape index (κ1) is 10.6. The van der Waals surface area contributed by atoms with Crippen molar-refractivity contribution in [3.63, 3.8) is 0 Å². The van der Waals surface area contributed by atoms with Gasteiger partial charge in [0.1, 0.15) is 0 Å². The number of aromatic amines is 1. The zero-order valence-corrected chi connectivity index (χ0v) is 9.41. The molecule has 2 rings (SSSR count). The molecule has 0 fully saturated rings. The average Bonchev–Trinajstić information content (AvgIpc) is 2.89. The van der Waals surface area contributed by atoms with Gasteiger partial charge in [-0.15, -0.1) is 11.3 Å². The molecule has 1 amide bonds. The molecule has 0 spiro atoms. The van der Waals surface area contributed by atoms with Crippen molar-refractivity contribution in [1.82, 2.24) is 15.6 Å². The van der Waals surface area contributed by atoms with E-state index >= 15 is 0 Å². The van der Waals surface area contributed by atoms with Crippen LogP contribution in [0.25, 0.3) is 0 Å². The minimum Gasteiger partial charge on any atom is -0.282 e. The molecule has 6 heteroatoms. The lowest BCUT2D eigenvalue weighted by atomic mass is 10.4. The van der Waals surface area contributed by atoms with Crippen LogP contribution in [0.15, 0.2) is 28.7 Å². The van der Waals surface area contributed by atoms with Crippen LogP contribution in [0.1, 0.15) is 21.1 Å². The summed E-state index contributed by atoms with van der Waals surface area (Å²) in [6, 6.07) is 5.50. The Hall–Kier alpha value is -1.95. The van der Waals surface area contributed by atoms with E-state index in [1.54, 1.807) is 23.6 Å². The normalized spacial score (nSPS) is 10.8. The van der Waals surface area contributed by atoms with Crippen molar-refractivity contribution in [3.8, 4) is 0 Å². The van der Waals surface area contributed by atoms with Gasteiger partial charge < -0.3 is 0 Å². The molecule has 0 saturated heterocycles. The van der Waals surface area contributed by atoms with Crippen LogP contribution in [0.2, 0.25) is 0 Å². The summed E-state index contributed by atoms with van der Waals surface area (Å²) in [6.07, 6.45) is 1.60. The number of hydrogen-bond acceptors (Lipinski definition) is 4. The fourth-order valence-corrected chi connectivity index (χ4v) is 1.70. The summed E-state index contributed by atoms with van der Waals surface area (Å²) in [5.74, 6) is -0.322. The number of carbonyl (C=O) groups excluding carboxylic acids is 1. The lowest BCUT2D eigenvalue weighted by Crippen LogP contribution is -2.17. The van der Waals surface area contributed by atoms with Crippen molar-refractivity contribution >= 4 is 23.5 Å². The molecule has 0 aliphatic heterocycles. The second-order valence-corrected chi connectivity index (χ2v) is 4.13. The van der Waals surface area contributed by atoms with Gasteiger partial charge in [0.25, 0.3) is 5.91 Å². The van der Waals surface area contributed by atoms with Gasteiger partial charge in [-0.3, -0.25) is 9.89 Å². The topological polar surface area (TPSA) is 70.1 Å². The van der Waals surface area contributed by atoms with Crippen molar-refractivity contribution in [2.24, 2.45) is 5.10 Å². The Labute approximate surface area is 96.2 Å². The van der Waals surface area contributed by atoms with Crippen LogP contribution in [-0.4, -0.2) is 22.3 Å². The molecule has 0 aliphatic rings. The van der Waals surface area contributed by atoms with Crippen molar-refractivity contribution in [3.05, 3.63) is 39.8 Å². The highest BCUT2D eigenvalue weighted by molar-refractivity contribution is 7.11. The number of nitrogens with one attached hydrogen (secondary N) is 2. The maximum absolute atomic E-state index is 11.5. The van der Waals surface area contributed by atoms with E-state index in [9.17, 15) is 4.79 Å². The molecule has 5 nitrogen and oxygen atoms in total. The number of nitrogens with zero attached hydrogens (tertiary/aromatic N) is 2. The monoisotopic (exact) mass is 234 g/mol. The van der Waals surface area contributed by atoms with Crippen LogP contribution < -0.4 is 5.43 Å². The third kappa shape index (κ3) is 2.54. The van der Waals surface area contributed by atoms with E-state index in [4.69, 9.17) is 0 Å². The number of aryl methyl sites for hydroxylation is 1. The fraction of sp³-hybridized carbons (Fsp3) is 0.100. The Balaban J connectivity index is 1.94. The molecular formula is C10H10N4OS. The predicted molar refractivity (Wildman–Crippen MR) is 62.7 cm³/mol. The Morgan fingerprint density at radius 2 is 2.56 bits per heavy atom. The van der Waals surface area contributed by atoms with Crippen LogP contribution in [-0.2, 0) is 0 Å². The SMILES string of the molecule is Cc1cc(C(=O)N/N=C/c2cccs2)n[nH]1. The summed E-state index contributed by atoms with van der Waals surface area (Å²) in [4.78, 5) is 12.5. The van der Waals surface area contributed by atoms with E-state index in [0.29, 0.717) is 5.69 Å². The fourth-order valence-electron chi connectivity index (χ4n) is 1.11. The molecule has 0 aliphatic carbocycles. The zero-order chi connectivity index (χ0) is 11.4. The van der Waals surface area contributed by atoms with Crippen molar-refractivity contribution in [2.75, 3.05) is 0 Å². The van der Waals surface area contributed by atoms with Gasteiger partial charge in [-0.2, -0.15) is 10.2 Å². The van der Waals surface area contributed by atoms with Gasteiger partial charge in [0, 0.05) is 10.6 Å². The summed E-state index contributed by atoms with van der Waals surface area (Å²) >= 11 is 1.55. The van der Waals surface area contributed by atoms with Crippen LogP contribution in [0, 0.1) is 6.92 Å². The van der Waals surface area contributed by atoms with E-state index < -0.39 is 0 Å². The molecule has 2 aromatic rings. The van der Waals surface area contributed by atoms with Gasteiger partial charge >= 0.3 is 0 Å². The molecule has 0 radical (unpaired) electrons. The summed E-state index contributed by atoms with van der Waals surface area (Å²) in [6.45, 7) is 1.83. The van der Waals surface area contributed by atoms with Crippen LogP contribution in [0.5, 0.6) is 0 Å². The lowest BCUT2D eigenvalue weighted by Gasteiger charge is -1.93. The number of thiophene rings is 1. The molecule has 0 saturated carbocycles. The van der Waals surface area contributed by atoms with E-state index in [1.165, 1.54) is 0 Å². The number of hydrogen-bond donors (Lipinski definition) is 2. The first-order valence-corrected chi connectivity index (χ1v) is 5.52. The third-order valence-electron chi connectivity index (χ3n) is 1.84. The number of carbonyl (C=O) groups is 1. The molecule has 82 valence electrons. The van der Waals surface area contributed by atoms with E-state index in [2.05, 4.69) is 20.7 Å². The maximum atomic E-state index is 11.5. The van der Waals surface area contributed by atoms with E-state index in [1.807, 2.05) is 24.4 Å². The van der Waals surface area contributed by atoms with Gasteiger partial charge in [0.2, 0.25) is 0 Å². The second kappa shape index (κ2) is 4.71. The standard InChI is InChI=1S/C10H10N4OS/c1-7-5-9(13-12-7)10(15)14-11-6-8-3-2-4-16-8/h2-6H,1H3,(H,12,13)(H,14,15)/b11-6+. The van der Waals surface area contributed by atoms with E-state index in [-0.39, 0.29) is 5.91 Å². The molecule has 0 aromatic carbocycles. The summed E-state index contributed by atoms with van der Waals surface area (Å²) in [7, 11) is 0. The number of H-pyrrole nitrogens is 1. The number of rotatable bonds is 3.